The van der Waals surface area contributed by atoms with Crippen LogP contribution in [0.25, 0.3) is 11.5 Å². The molecule has 0 bridgehead atoms. The Morgan fingerprint density at radius 1 is 1.29 bits per heavy atom. The van der Waals surface area contributed by atoms with Crippen molar-refractivity contribution in [2.24, 2.45) is 0 Å². The Hall–Kier alpha value is -1.39. The Balaban J connectivity index is 2.10. The molecule has 0 atom stereocenters. The van der Waals surface area contributed by atoms with E-state index >= 15 is 0 Å². The Labute approximate surface area is 105 Å². The molecular formula is C12H15ClN3O+. The van der Waals surface area contributed by atoms with Crippen LogP contribution in [0.3, 0.4) is 0 Å². The summed E-state index contributed by atoms with van der Waals surface area (Å²) in [4.78, 5) is 0. The second kappa shape index (κ2) is 5.80. The van der Waals surface area contributed by atoms with Crippen LogP contribution in [0.5, 0.6) is 0 Å². The lowest BCUT2D eigenvalue weighted by molar-refractivity contribution is -0.672. The van der Waals surface area contributed by atoms with Gasteiger partial charge < -0.3 is 9.73 Å². The number of halogens is 1. The molecular weight excluding hydrogens is 238 g/mol. The minimum absolute atomic E-state index is 0.482. The molecule has 1 heterocycles. The van der Waals surface area contributed by atoms with Crippen molar-refractivity contribution < 1.29 is 9.73 Å². The molecule has 4 nitrogen and oxygen atoms in total. The third kappa shape index (κ3) is 3.05. The number of benzene rings is 1. The van der Waals surface area contributed by atoms with E-state index < -0.39 is 0 Å². The summed E-state index contributed by atoms with van der Waals surface area (Å²) in [6, 6.07) is 7.45. The summed E-state index contributed by atoms with van der Waals surface area (Å²) in [6.07, 6.45) is 1.13. The predicted octanol–water partition coefficient (Wildman–Crippen LogP) is 1.86. The number of aromatic nitrogens is 2. The van der Waals surface area contributed by atoms with E-state index in [1.165, 1.54) is 0 Å². The van der Waals surface area contributed by atoms with Crippen LogP contribution in [0.4, 0.5) is 0 Å². The number of nitrogens with zero attached hydrogens (tertiary/aromatic N) is 2. The van der Waals surface area contributed by atoms with E-state index in [1.54, 1.807) is 0 Å². The normalized spacial score (nSPS) is 10.7. The van der Waals surface area contributed by atoms with E-state index in [2.05, 4.69) is 22.4 Å². The van der Waals surface area contributed by atoms with Crippen LogP contribution < -0.4 is 5.32 Å². The first-order valence-electron chi connectivity index (χ1n) is 5.70. The van der Waals surface area contributed by atoms with Crippen LogP contribution in [-0.2, 0) is 6.54 Å². The van der Waals surface area contributed by atoms with E-state index in [1.807, 2.05) is 24.3 Å². The van der Waals surface area contributed by atoms with Crippen LogP contribution in [0.2, 0.25) is 5.02 Å². The second-order valence-electron chi connectivity index (χ2n) is 3.76. The lowest BCUT2D eigenvalue weighted by Gasteiger charge is -1.97. The molecule has 2 rings (SSSR count). The highest BCUT2D eigenvalue weighted by atomic mass is 35.5. The average molecular weight is 253 g/mol. The zero-order valence-electron chi connectivity index (χ0n) is 9.69. The number of nitrogens with two attached hydrogens (primary N) is 1. The standard InChI is InChI=1S/C12H14ClN3O/c1-2-7-14-8-11-15-16-12(17-11)9-5-3-4-6-10(9)13/h3-6,14H,2,7-8H2,1H3/p+1. The van der Waals surface area contributed by atoms with Crippen molar-refractivity contribution in [1.29, 1.82) is 0 Å². The van der Waals surface area contributed by atoms with Crippen LogP contribution in [0, 0.1) is 0 Å². The van der Waals surface area contributed by atoms with Gasteiger partial charge in [-0.3, -0.25) is 0 Å². The molecule has 90 valence electrons. The monoisotopic (exact) mass is 252 g/mol. The third-order valence-corrected chi connectivity index (χ3v) is 2.71. The van der Waals surface area contributed by atoms with Gasteiger partial charge in [-0.05, 0) is 18.6 Å². The first-order chi connectivity index (χ1) is 8.31. The van der Waals surface area contributed by atoms with Gasteiger partial charge in [0.15, 0.2) is 6.54 Å². The van der Waals surface area contributed by atoms with Crippen molar-refractivity contribution in [3.05, 3.63) is 35.2 Å². The summed E-state index contributed by atoms with van der Waals surface area (Å²) >= 11 is 6.06. The van der Waals surface area contributed by atoms with E-state index in [0.29, 0.717) is 23.3 Å². The van der Waals surface area contributed by atoms with E-state index in [9.17, 15) is 0 Å². The molecule has 0 aliphatic rings. The SMILES string of the molecule is CCC[NH2+]Cc1nnc(-c2ccccc2Cl)o1. The van der Waals surface area contributed by atoms with Crippen LogP contribution in [0.15, 0.2) is 28.7 Å². The summed E-state index contributed by atoms with van der Waals surface area (Å²) in [6.45, 7) is 3.91. The van der Waals surface area contributed by atoms with Crippen molar-refractivity contribution in [2.45, 2.75) is 19.9 Å². The van der Waals surface area contributed by atoms with Gasteiger partial charge in [0.05, 0.1) is 17.1 Å². The molecule has 0 aliphatic carbocycles. The van der Waals surface area contributed by atoms with Gasteiger partial charge in [0, 0.05) is 0 Å². The predicted molar refractivity (Wildman–Crippen MR) is 65.5 cm³/mol. The highest BCUT2D eigenvalue weighted by molar-refractivity contribution is 6.33. The van der Waals surface area contributed by atoms with Crippen LogP contribution >= 0.6 is 11.6 Å². The Morgan fingerprint density at radius 2 is 2.12 bits per heavy atom. The molecule has 5 heteroatoms. The van der Waals surface area contributed by atoms with Crippen molar-refractivity contribution >= 4 is 11.6 Å². The van der Waals surface area contributed by atoms with E-state index in [4.69, 9.17) is 16.0 Å². The van der Waals surface area contributed by atoms with Gasteiger partial charge in [0.1, 0.15) is 0 Å². The van der Waals surface area contributed by atoms with Gasteiger partial charge >= 0.3 is 0 Å². The maximum atomic E-state index is 6.06. The molecule has 2 N–H and O–H groups in total. The van der Waals surface area contributed by atoms with Crippen molar-refractivity contribution in [1.82, 2.24) is 10.2 Å². The summed E-state index contributed by atoms with van der Waals surface area (Å²) in [5.41, 5.74) is 0.781. The number of quaternary nitrogens is 1. The maximum absolute atomic E-state index is 6.06. The van der Waals surface area contributed by atoms with E-state index in [0.717, 1.165) is 18.5 Å². The Morgan fingerprint density at radius 3 is 2.88 bits per heavy atom. The van der Waals surface area contributed by atoms with Gasteiger partial charge in [-0.1, -0.05) is 30.7 Å². The molecule has 0 amide bonds. The van der Waals surface area contributed by atoms with Gasteiger partial charge in [0.2, 0.25) is 5.89 Å². The smallest absolute Gasteiger partial charge is 0.271 e. The van der Waals surface area contributed by atoms with Crippen LogP contribution in [0.1, 0.15) is 19.2 Å². The fourth-order valence-electron chi connectivity index (χ4n) is 1.51. The van der Waals surface area contributed by atoms with Gasteiger partial charge in [0.25, 0.3) is 5.89 Å². The minimum Gasteiger partial charge on any atom is -0.415 e. The number of rotatable bonds is 5. The lowest BCUT2D eigenvalue weighted by atomic mass is 10.2. The lowest BCUT2D eigenvalue weighted by Crippen LogP contribution is -2.82. The number of hydrogen-bond acceptors (Lipinski definition) is 3. The van der Waals surface area contributed by atoms with Crippen molar-refractivity contribution in [3.63, 3.8) is 0 Å². The van der Waals surface area contributed by atoms with Gasteiger partial charge in [-0.25, -0.2) is 0 Å². The molecule has 0 aliphatic heterocycles. The minimum atomic E-state index is 0.482. The summed E-state index contributed by atoms with van der Waals surface area (Å²) < 4.78 is 5.56. The molecule has 0 spiro atoms. The van der Waals surface area contributed by atoms with Gasteiger partial charge in [-0.15, -0.1) is 10.2 Å². The maximum Gasteiger partial charge on any atom is 0.271 e. The Kier molecular flexibility index (Phi) is 4.12. The molecule has 2 aromatic rings. The second-order valence-corrected chi connectivity index (χ2v) is 4.17. The largest absolute Gasteiger partial charge is 0.415 e. The summed E-state index contributed by atoms with van der Waals surface area (Å²) in [5, 5.41) is 10.8. The fraction of sp³-hybridized carbons (Fsp3) is 0.333. The third-order valence-electron chi connectivity index (χ3n) is 2.38. The molecule has 0 radical (unpaired) electrons. The fourth-order valence-corrected chi connectivity index (χ4v) is 1.73. The number of hydrogen-bond donors (Lipinski definition) is 1. The summed E-state index contributed by atoms with van der Waals surface area (Å²) in [7, 11) is 0. The molecule has 0 unspecified atom stereocenters. The zero-order chi connectivity index (χ0) is 12.1. The quantitative estimate of drug-likeness (QED) is 0.827. The molecule has 17 heavy (non-hydrogen) atoms. The topological polar surface area (TPSA) is 55.5 Å². The molecule has 0 saturated heterocycles. The molecule has 0 fully saturated rings. The molecule has 0 saturated carbocycles. The highest BCUT2D eigenvalue weighted by Gasteiger charge is 2.11. The molecule has 1 aromatic heterocycles. The van der Waals surface area contributed by atoms with Crippen molar-refractivity contribution in [3.8, 4) is 11.5 Å². The van der Waals surface area contributed by atoms with Gasteiger partial charge in [-0.2, -0.15) is 0 Å². The summed E-state index contributed by atoms with van der Waals surface area (Å²) in [5.74, 6) is 1.11. The van der Waals surface area contributed by atoms with Crippen molar-refractivity contribution in [2.75, 3.05) is 6.54 Å². The first kappa shape index (κ1) is 12.1. The Bertz CT molecular complexity index is 484. The van der Waals surface area contributed by atoms with E-state index in [-0.39, 0.29) is 0 Å². The highest BCUT2D eigenvalue weighted by Crippen LogP contribution is 2.25. The molecule has 1 aromatic carbocycles. The zero-order valence-corrected chi connectivity index (χ0v) is 10.4. The van der Waals surface area contributed by atoms with Crippen LogP contribution in [-0.4, -0.2) is 16.7 Å². The first-order valence-corrected chi connectivity index (χ1v) is 6.08. The average Bonchev–Trinajstić information content (AvgIpc) is 2.79.